The van der Waals surface area contributed by atoms with Crippen LogP contribution in [-0.4, -0.2) is 42.6 Å². The molecule has 5 nitrogen and oxygen atoms in total. The van der Waals surface area contributed by atoms with Crippen molar-refractivity contribution >= 4 is 29.0 Å². The zero-order valence-electron chi connectivity index (χ0n) is 15.6. The van der Waals surface area contributed by atoms with E-state index in [0.717, 1.165) is 12.8 Å². The number of unbranched alkanes of at least 4 members (excludes halogenated alkanes) is 1. The van der Waals surface area contributed by atoms with Gasteiger partial charge in [0.25, 0.3) is 11.8 Å². The molecule has 1 aromatic rings. The maximum Gasteiger partial charge on any atom is 0.273 e. The zero-order valence-corrected chi connectivity index (χ0v) is 16.3. The van der Waals surface area contributed by atoms with E-state index in [9.17, 15) is 9.59 Å². The van der Waals surface area contributed by atoms with E-state index in [1.54, 1.807) is 24.3 Å². The Kier molecular flexibility index (Phi) is 7.66. The van der Waals surface area contributed by atoms with E-state index in [2.05, 4.69) is 6.92 Å². The van der Waals surface area contributed by atoms with Crippen molar-refractivity contribution in [3.8, 4) is 5.75 Å². The molecular formula is C20H26ClNO4. The largest absolute Gasteiger partial charge is 0.491 e. The van der Waals surface area contributed by atoms with Crippen molar-refractivity contribution < 1.29 is 19.1 Å². The van der Waals surface area contributed by atoms with E-state index >= 15 is 0 Å². The fourth-order valence-electron chi connectivity index (χ4n) is 2.65. The van der Waals surface area contributed by atoms with Crippen molar-refractivity contribution in [2.45, 2.75) is 46.1 Å². The average molecular weight is 380 g/mol. The van der Waals surface area contributed by atoms with Crippen LogP contribution in [0.4, 0.5) is 0 Å². The van der Waals surface area contributed by atoms with Crippen LogP contribution in [0.5, 0.6) is 5.75 Å². The number of benzene rings is 1. The Morgan fingerprint density at radius 1 is 1.04 bits per heavy atom. The van der Waals surface area contributed by atoms with Gasteiger partial charge in [0.05, 0.1) is 11.7 Å². The molecule has 2 rings (SSSR count). The van der Waals surface area contributed by atoms with Crippen LogP contribution in [0.1, 0.15) is 45.6 Å². The Morgan fingerprint density at radius 3 is 2.31 bits per heavy atom. The molecule has 0 aliphatic carbocycles. The quantitative estimate of drug-likeness (QED) is 0.455. The Balaban J connectivity index is 1.99. The summed E-state index contributed by atoms with van der Waals surface area (Å²) in [5, 5.41) is -0.0283. The van der Waals surface area contributed by atoms with Crippen molar-refractivity contribution in [1.29, 1.82) is 0 Å². The van der Waals surface area contributed by atoms with Gasteiger partial charge in [-0.2, -0.15) is 0 Å². The van der Waals surface area contributed by atoms with Crippen molar-refractivity contribution in [2.24, 2.45) is 0 Å². The molecule has 0 bridgehead atoms. The van der Waals surface area contributed by atoms with Crippen LogP contribution in [0.2, 0.25) is 0 Å². The molecule has 1 heterocycles. The Labute approximate surface area is 159 Å². The van der Waals surface area contributed by atoms with Gasteiger partial charge in [0.1, 0.15) is 10.8 Å². The fourth-order valence-corrected chi connectivity index (χ4v) is 2.94. The minimum absolute atomic E-state index is 0.0283. The van der Waals surface area contributed by atoms with Gasteiger partial charge in [0, 0.05) is 19.8 Å². The highest BCUT2D eigenvalue weighted by atomic mass is 35.5. The van der Waals surface area contributed by atoms with E-state index in [-0.39, 0.29) is 22.6 Å². The summed E-state index contributed by atoms with van der Waals surface area (Å²) in [5.74, 6) is -0.0906. The first-order valence-electron chi connectivity index (χ1n) is 9.06. The van der Waals surface area contributed by atoms with Gasteiger partial charge in [0.15, 0.2) is 0 Å². The first kappa shape index (κ1) is 20.5. The lowest BCUT2D eigenvalue weighted by Gasteiger charge is -2.15. The minimum Gasteiger partial charge on any atom is -0.491 e. The normalized spacial score (nSPS) is 14.7. The fraction of sp³-hybridized carbons (Fsp3) is 0.500. The van der Waals surface area contributed by atoms with E-state index in [1.165, 1.54) is 4.90 Å². The monoisotopic (exact) mass is 379 g/mol. The average Bonchev–Trinajstić information content (AvgIpc) is 2.81. The molecule has 0 saturated heterocycles. The standard InChI is InChI=1S/C20H26ClNO4/c1-4-5-12-25-13-6-11-22-19(23)17(18(21)20(22)24)15-7-9-16(10-8-15)26-14(2)3/h7-10,14H,4-6,11-13H2,1-3H3. The molecule has 1 aromatic carbocycles. The second-order valence-corrected chi connectivity index (χ2v) is 6.84. The van der Waals surface area contributed by atoms with Gasteiger partial charge in [-0.05, 0) is 44.4 Å². The number of hydrogen-bond donors (Lipinski definition) is 0. The molecule has 6 heteroatoms. The van der Waals surface area contributed by atoms with Crippen molar-refractivity contribution in [3.63, 3.8) is 0 Å². The number of halogens is 1. The first-order valence-corrected chi connectivity index (χ1v) is 9.44. The third-order valence-corrected chi connectivity index (χ3v) is 4.29. The summed E-state index contributed by atoms with van der Waals surface area (Å²) in [6.07, 6.45) is 2.75. The van der Waals surface area contributed by atoms with E-state index < -0.39 is 5.91 Å². The number of hydrogen-bond acceptors (Lipinski definition) is 4. The number of amides is 2. The van der Waals surface area contributed by atoms with Crippen LogP contribution in [0.25, 0.3) is 5.57 Å². The SMILES string of the molecule is CCCCOCCCN1C(=O)C(Cl)=C(c2ccc(OC(C)C)cc2)C1=O. The molecule has 0 fully saturated rings. The summed E-state index contributed by atoms with van der Waals surface area (Å²) in [7, 11) is 0. The van der Waals surface area contributed by atoms with Gasteiger partial charge in [-0.25, -0.2) is 0 Å². The van der Waals surface area contributed by atoms with Crippen LogP contribution < -0.4 is 4.74 Å². The summed E-state index contributed by atoms with van der Waals surface area (Å²) in [4.78, 5) is 26.2. The highest BCUT2D eigenvalue weighted by Gasteiger charge is 2.37. The number of ether oxygens (including phenoxy) is 2. The predicted octanol–water partition coefficient (Wildman–Crippen LogP) is 4.00. The second kappa shape index (κ2) is 9.74. The molecule has 0 spiro atoms. The minimum atomic E-state index is -0.442. The summed E-state index contributed by atoms with van der Waals surface area (Å²) in [6, 6.07) is 7.04. The van der Waals surface area contributed by atoms with Crippen molar-refractivity contribution in [3.05, 3.63) is 34.9 Å². The lowest BCUT2D eigenvalue weighted by atomic mass is 10.1. The molecule has 1 aliphatic heterocycles. The smallest absolute Gasteiger partial charge is 0.273 e. The molecular weight excluding hydrogens is 354 g/mol. The molecule has 142 valence electrons. The molecule has 2 amide bonds. The second-order valence-electron chi connectivity index (χ2n) is 6.46. The van der Waals surface area contributed by atoms with Crippen LogP contribution in [-0.2, 0) is 14.3 Å². The van der Waals surface area contributed by atoms with Gasteiger partial charge in [-0.1, -0.05) is 37.1 Å². The third kappa shape index (κ3) is 5.08. The number of carbonyl (C=O) groups is 2. The third-order valence-electron chi connectivity index (χ3n) is 3.94. The predicted molar refractivity (Wildman–Crippen MR) is 102 cm³/mol. The first-order chi connectivity index (χ1) is 12.5. The molecule has 0 atom stereocenters. The number of imide groups is 1. The molecule has 0 N–H and O–H groups in total. The van der Waals surface area contributed by atoms with Gasteiger partial charge >= 0.3 is 0 Å². The van der Waals surface area contributed by atoms with Crippen LogP contribution in [0, 0.1) is 0 Å². The van der Waals surface area contributed by atoms with E-state index in [4.69, 9.17) is 21.1 Å². The number of rotatable bonds is 10. The molecule has 0 aromatic heterocycles. The summed E-state index contributed by atoms with van der Waals surface area (Å²) in [5.41, 5.74) is 0.866. The van der Waals surface area contributed by atoms with Gasteiger partial charge < -0.3 is 9.47 Å². The topological polar surface area (TPSA) is 55.8 Å². The van der Waals surface area contributed by atoms with Crippen LogP contribution in [0.3, 0.4) is 0 Å². The van der Waals surface area contributed by atoms with Gasteiger partial charge in [-0.15, -0.1) is 0 Å². The summed E-state index contributed by atoms with van der Waals surface area (Å²) >= 11 is 6.16. The highest BCUT2D eigenvalue weighted by Crippen LogP contribution is 2.32. The number of nitrogens with zero attached hydrogens (tertiary/aromatic N) is 1. The molecule has 0 saturated carbocycles. The Morgan fingerprint density at radius 2 is 1.69 bits per heavy atom. The van der Waals surface area contributed by atoms with E-state index in [0.29, 0.717) is 37.5 Å². The van der Waals surface area contributed by atoms with Crippen LogP contribution in [0.15, 0.2) is 29.3 Å². The molecule has 0 radical (unpaired) electrons. The van der Waals surface area contributed by atoms with Gasteiger partial charge in [-0.3, -0.25) is 14.5 Å². The lowest BCUT2D eigenvalue weighted by molar-refractivity contribution is -0.136. The highest BCUT2D eigenvalue weighted by molar-refractivity contribution is 6.55. The Bertz CT molecular complexity index is 667. The van der Waals surface area contributed by atoms with Gasteiger partial charge in [0.2, 0.25) is 0 Å². The summed E-state index contributed by atoms with van der Waals surface area (Å²) in [6.45, 7) is 7.50. The Hall–Kier alpha value is -1.85. The van der Waals surface area contributed by atoms with Crippen molar-refractivity contribution in [2.75, 3.05) is 19.8 Å². The van der Waals surface area contributed by atoms with E-state index in [1.807, 2.05) is 13.8 Å². The zero-order chi connectivity index (χ0) is 19.1. The molecule has 0 unspecified atom stereocenters. The maximum atomic E-state index is 12.6. The van der Waals surface area contributed by atoms with Crippen LogP contribution >= 0.6 is 11.6 Å². The summed E-state index contributed by atoms with van der Waals surface area (Å²) < 4.78 is 11.1. The maximum absolute atomic E-state index is 12.6. The molecule has 1 aliphatic rings. The lowest BCUT2D eigenvalue weighted by Crippen LogP contribution is -2.32. The van der Waals surface area contributed by atoms with Crippen molar-refractivity contribution in [1.82, 2.24) is 4.90 Å². The molecule has 26 heavy (non-hydrogen) atoms. The number of carbonyl (C=O) groups excluding carboxylic acids is 2.